The van der Waals surface area contributed by atoms with Crippen LogP contribution in [-0.4, -0.2) is 15.9 Å². The standard InChI is InChI=1S/C17H24ClN3/c1-13-3-2-4-14(9-13)7-8-19-10-16-12-21-11-15(18)5-6-17(21)20-16/h5-6,11-14,19H,2-4,7-10H2,1H3. The van der Waals surface area contributed by atoms with Crippen molar-refractivity contribution in [1.29, 1.82) is 0 Å². The highest BCUT2D eigenvalue weighted by molar-refractivity contribution is 6.30. The molecule has 0 saturated heterocycles. The van der Waals surface area contributed by atoms with E-state index in [0.29, 0.717) is 0 Å². The van der Waals surface area contributed by atoms with E-state index in [1.165, 1.54) is 32.1 Å². The number of pyridine rings is 1. The molecule has 2 aromatic rings. The van der Waals surface area contributed by atoms with Crippen molar-refractivity contribution in [3.63, 3.8) is 0 Å². The van der Waals surface area contributed by atoms with Crippen molar-refractivity contribution in [2.45, 2.75) is 45.6 Å². The summed E-state index contributed by atoms with van der Waals surface area (Å²) in [6, 6.07) is 3.83. The van der Waals surface area contributed by atoms with Crippen LogP contribution in [0, 0.1) is 11.8 Å². The zero-order valence-electron chi connectivity index (χ0n) is 12.7. The van der Waals surface area contributed by atoms with E-state index in [1.807, 2.05) is 22.7 Å². The third kappa shape index (κ3) is 3.98. The lowest BCUT2D eigenvalue weighted by atomic mass is 9.81. The third-order valence-electron chi connectivity index (χ3n) is 4.55. The molecule has 1 fully saturated rings. The molecule has 4 heteroatoms. The Kier molecular flexibility index (Phi) is 4.81. The second-order valence-electron chi connectivity index (χ2n) is 6.45. The van der Waals surface area contributed by atoms with Crippen LogP contribution in [0.15, 0.2) is 24.5 Å². The minimum atomic E-state index is 0.742. The van der Waals surface area contributed by atoms with Crippen LogP contribution >= 0.6 is 11.6 Å². The topological polar surface area (TPSA) is 29.3 Å². The predicted octanol–water partition coefficient (Wildman–Crippen LogP) is 4.29. The quantitative estimate of drug-likeness (QED) is 0.835. The molecule has 2 atom stereocenters. The first-order chi connectivity index (χ1) is 10.2. The number of fused-ring (bicyclic) bond motifs is 1. The van der Waals surface area contributed by atoms with Crippen LogP contribution in [0.4, 0.5) is 0 Å². The monoisotopic (exact) mass is 305 g/mol. The molecule has 0 spiro atoms. The minimum absolute atomic E-state index is 0.742. The number of nitrogens with zero attached hydrogens (tertiary/aromatic N) is 2. The van der Waals surface area contributed by atoms with Gasteiger partial charge in [-0.3, -0.25) is 0 Å². The second kappa shape index (κ2) is 6.80. The second-order valence-corrected chi connectivity index (χ2v) is 6.88. The first kappa shape index (κ1) is 14.9. The molecule has 1 aliphatic carbocycles. The number of hydrogen-bond donors (Lipinski definition) is 1. The Morgan fingerprint density at radius 1 is 1.33 bits per heavy atom. The molecule has 0 bridgehead atoms. The van der Waals surface area contributed by atoms with Crippen molar-refractivity contribution in [2.75, 3.05) is 6.54 Å². The fraction of sp³-hybridized carbons (Fsp3) is 0.588. The molecule has 0 radical (unpaired) electrons. The van der Waals surface area contributed by atoms with Gasteiger partial charge in [0.25, 0.3) is 0 Å². The number of halogens is 1. The third-order valence-corrected chi connectivity index (χ3v) is 4.77. The lowest BCUT2D eigenvalue weighted by Gasteiger charge is -2.26. The van der Waals surface area contributed by atoms with Crippen LogP contribution in [0.5, 0.6) is 0 Å². The Morgan fingerprint density at radius 3 is 3.10 bits per heavy atom. The van der Waals surface area contributed by atoms with Gasteiger partial charge >= 0.3 is 0 Å². The average molecular weight is 306 g/mol. The fourth-order valence-corrected chi connectivity index (χ4v) is 3.62. The highest BCUT2D eigenvalue weighted by Gasteiger charge is 2.18. The van der Waals surface area contributed by atoms with E-state index in [2.05, 4.69) is 23.4 Å². The van der Waals surface area contributed by atoms with Crippen LogP contribution in [0.25, 0.3) is 5.65 Å². The van der Waals surface area contributed by atoms with Gasteiger partial charge < -0.3 is 9.72 Å². The Hall–Kier alpha value is -1.06. The van der Waals surface area contributed by atoms with E-state index in [4.69, 9.17) is 11.6 Å². The zero-order valence-corrected chi connectivity index (χ0v) is 13.4. The van der Waals surface area contributed by atoms with Crippen LogP contribution in [0.1, 0.15) is 44.7 Å². The van der Waals surface area contributed by atoms with Crippen molar-refractivity contribution >= 4 is 17.2 Å². The predicted molar refractivity (Wildman–Crippen MR) is 87.6 cm³/mol. The van der Waals surface area contributed by atoms with E-state index in [9.17, 15) is 0 Å². The molecule has 2 unspecified atom stereocenters. The van der Waals surface area contributed by atoms with Gasteiger partial charge in [0.1, 0.15) is 5.65 Å². The molecule has 1 aliphatic rings. The van der Waals surface area contributed by atoms with Crippen molar-refractivity contribution < 1.29 is 0 Å². The van der Waals surface area contributed by atoms with Crippen molar-refractivity contribution in [2.24, 2.45) is 11.8 Å². The van der Waals surface area contributed by atoms with E-state index < -0.39 is 0 Å². The van der Waals surface area contributed by atoms with Gasteiger partial charge in [0, 0.05) is 18.9 Å². The summed E-state index contributed by atoms with van der Waals surface area (Å²) in [5.74, 6) is 1.84. The minimum Gasteiger partial charge on any atom is -0.311 e. The molecule has 0 amide bonds. The van der Waals surface area contributed by atoms with Gasteiger partial charge in [-0.1, -0.05) is 37.8 Å². The Bertz CT molecular complexity index is 593. The number of rotatable bonds is 5. The molecule has 1 N–H and O–H groups in total. The molecular weight excluding hydrogens is 282 g/mol. The molecule has 3 rings (SSSR count). The molecule has 0 aliphatic heterocycles. The molecule has 2 heterocycles. The lowest BCUT2D eigenvalue weighted by molar-refractivity contribution is 0.267. The largest absolute Gasteiger partial charge is 0.311 e. The maximum atomic E-state index is 5.99. The summed E-state index contributed by atoms with van der Waals surface area (Å²) in [6.45, 7) is 4.31. The van der Waals surface area contributed by atoms with Gasteiger partial charge in [-0.2, -0.15) is 0 Å². The van der Waals surface area contributed by atoms with Crippen molar-refractivity contribution in [3.8, 4) is 0 Å². The van der Waals surface area contributed by atoms with Gasteiger partial charge in [-0.25, -0.2) is 4.98 Å². The number of hydrogen-bond acceptors (Lipinski definition) is 2. The lowest BCUT2D eigenvalue weighted by Crippen LogP contribution is -2.21. The highest BCUT2D eigenvalue weighted by Crippen LogP contribution is 2.30. The first-order valence-electron chi connectivity index (χ1n) is 8.04. The van der Waals surface area contributed by atoms with Crippen molar-refractivity contribution in [3.05, 3.63) is 35.2 Å². The highest BCUT2D eigenvalue weighted by atomic mass is 35.5. The maximum Gasteiger partial charge on any atom is 0.137 e. The smallest absolute Gasteiger partial charge is 0.137 e. The summed E-state index contributed by atoms with van der Waals surface area (Å²) in [5, 5.41) is 4.27. The normalized spacial score (nSPS) is 22.8. The summed E-state index contributed by atoms with van der Waals surface area (Å²) in [6.07, 6.45) is 10.9. The van der Waals surface area contributed by atoms with Gasteiger partial charge in [-0.15, -0.1) is 0 Å². The Balaban J connectivity index is 1.46. The Morgan fingerprint density at radius 2 is 2.24 bits per heavy atom. The van der Waals surface area contributed by atoms with E-state index >= 15 is 0 Å². The Labute approximate surface area is 131 Å². The summed E-state index contributed by atoms with van der Waals surface area (Å²) < 4.78 is 1.99. The number of aromatic nitrogens is 2. The van der Waals surface area contributed by atoms with Crippen LogP contribution in [0.3, 0.4) is 0 Å². The van der Waals surface area contributed by atoms with E-state index in [1.54, 1.807) is 0 Å². The molecule has 21 heavy (non-hydrogen) atoms. The summed E-state index contributed by atoms with van der Waals surface area (Å²) in [5.41, 5.74) is 2.03. The van der Waals surface area contributed by atoms with Gasteiger partial charge in [0.15, 0.2) is 0 Å². The summed E-state index contributed by atoms with van der Waals surface area (Å²) in [7, 11) is 0. The molecule has 1 saturated carbocycles. The van der Waals surface area contributed by atoms with E-state index in [0.717, 1.165) is 41.3 Å². The molecule has 114 valence electrons. The van der Waals surface area contributed by atoms with Gasteiger partial charge in [-0.05, 0) is 43.4 Å². The van der Waals surface area contributed by atoms with Crippen LogP contribution < -0.4 is 5.32 Å². The zero-order chi connectivity index (χ0) is 14.7. The van der Waals surface area contributed by atoms with Crippen LogP contribution in [0.2, 0.25) is 5.02 Å². The van der Waals surface area contributed by atoms with Gasteiger partial charge in [0.2, 0.25) is 0 Å². The first-order valence-corrected chi connectivity index (χ1v) is 8.42. The summed E-state index contributed by atoms with van der Waals surface area (Å²) in [4.78, 5) is 4.59. The molecule has 0 aromatic carbocycles. The van der Waals surface area contributed by atoms with E-state index in [-0.39, 0.29) is 0 Å². The van der Waals surface area contributed by atoms with Gasteiger partial charge in [0.05, 0.1) is 10.7 Å². The summed E-state index contributed by atoms with van der Waals surface area (Å²) >= 11 is 5.99. The SMILES string of the molecule is CC1CCCC(CCNCc2cn3cc(Cl)ccc3n2)C1. The number of imidazole rings is 1. The van der Waals surface area contributed by atoms with Crippen molar-refractivity contribution in [1.82, 2.24) is 14.7 Å². The molecule has 3 nitrogen and oxygen atoms in total. The molecular formula is C17H24ClN3. The number of nitrogens with one attached hydrogen (secondary N) is 1. The maximum absolute atomic E-state index is 5.99. The van der Waals surface area contributed by atoms with Crippen LogP contribution in [-0.2, 0) is 6.54 Å². The fourth-order valence-electron chi connectivity index (χ4n) is 3.45. The molecule has 2 aromatic heterocycles. The average Bonchev–Trinajstić information content (AvgIpc) is 2.85.